The lowest BCUT2D eigenvalue weighted by Gasteiger charge is -2.25. The fraction of sp³-hybridized carbons (Fsp3) is 0.353. The second-order valence-corrected chi connectivity index (χ2v) is 7.08. The minimum absolute atomic E-state index is 0.0761. The van der Waals surface area contributed by atoms with Crippen LogP contribution in [0.3, 0.4) is 0 Å². The lowest BCUT2D eigenvalue weighted by atomic mass is 10.1. The lowest BCUT2D eigenvalue weighted by Crippen LogP contribution is -2.31. The Kier molecular flexibility index (Phi) is 4.03. The van der Waals surface area contributed by atoms with Crippen molar-refractivity contribution in [3.63, 3.8) is 0 Å². The van der Waals surface area contributed by atoms with Gasteiger partial charge in [-0.05, 0) is 26.0 Å². The topological polar surface area (TPSA) is 64.9 Å². The van der Waals surface area contributed by atoms with Crippen LogP contribution < -0.4 is 5.32 Å². The van der Waals surface area contributed by atoms with Crippen LogP contribution in [0.4, 0.5) is 5.69 Å². The number of thiazole rings is 1. The van der Waals surface area contributed by atoms with Crippen LogP contribution in [0.2, 0.25) is 0 Å². The van der Waals surface area contributed by atoms with Crippen LogP contribution in [0.25, 0.3) is 11.3 Å². The SMILES string of the molecule is Cc1nc(-c2cccc(NC(C)c3cn(C4COC4)nn3)c2)cs1. The number of aryl methyl sites for hydroxylation is 1. The normalized spacial score (nSPS) is 15.9. The molecule has 1 aromatic carbocycles. The van der Waals surface area contributed by atoms with Crippen LogP contribution in [-0.4, -0.2) is 33.2 Å². The molecule has 1 fully saturated rings. The number of hydrogen-bond acceptors (Lipinski definition) is 6. The zero-order chi connectivity index (χ0) is 16.5. The van der Waals surface area contributed by atoms with Gasteiger partial charge in [0.2, 0.25) is 0 Å². The molecule has 3 heterocycles. The van der Waals surface area contributed by atoms with Gasteiger partial charge >= 0.3 is 0 Å². The van der Waals surface area contributed by atoms with E-state index in [2.05, 4.69) is 51.1 Å². The highest BCUT2D eigenvalue weighted by atomic mass is 32.1. The van der Waals surface area contributed by atoms with E-state index in [1.807, 2.05) is 23.9 Å². The van der Waals surface area contributed by atoms with Gasteiger partial charge in [0.05, 0.1) is 36.2 Å². The molecule has 2 aromatic heterocycles. The Balaban J connectivity index is 1.49. The summed E-state index contributed by atoms with van der Waals surface area (Å²) < 4.78 is 7.10. The van der Waals surface area contributed by atoms with E-state index in [1.54, 1.807) is 11.3 Å². The van der Waals surface area contributed by atoms with Crippen LogP contribution in [-0.2, 0) is 4.74 Å². The molecule has 1 aliphatic heterocycles. The van der Waals surface area contributed by atoms with Crippen LogP contribution in [0.15, 0.2) is 35.8 Å². The molecule has 3 aromatic rings. The maximum absolute atomic E-state index is 5.20. The average molecular weight is 341 g/mol. The zero-order valence-corrected chi connectivity index (χ0v) is 14.5. The van der Waals surface area contributed by atoms with Crippen molar-refractivity contribution in [2.75, 3.05) is 18.5 Å². The number of nitrogens with one attached hydrogen (secondary N) is 1. The summed E-state index contributed by atoms with van der Waals surface area (Å²) in [6.07, 6.45) is 2.00. The maximum Gasteiger partial charge on any atom is 0.105 e. The summed E-state index contributed by atoms with van der Waals surface area (Å²) in [7, 11) is 0. The Labute approximate surface area is 144 Å². The van der Waals surface area contributed by atoms with Crippen molar-refractivity contribution >= 4 is 17.0 Å². The minimum atomic E-state index is 0.0761. The molecule has 1 N–H and O–H groups in total. The fourth-order valence-electron chi connectivity index (χ4n) is 2.63. The second-order valence-electron chi connectivity index (χ2n) is 6.01. The summed E-state index contributed by atoms with van der Waals surface area (Å²) in [6, 6.07) is 8.71. The van der Waals surface area contributed by atoms with Crippen LogP contribution in [0.5, 0.6) is 0 Å². The highest BCUT2D eigenvalue weighted by Gasteiger charge is 2.22. The number of ether oxygens (including phenoxy) is 1. The molecule has 1 atom stereocenters. The average Bonchev–Trinajstić information content (AvgIpc) is 3.15. The summed E-state index contributed by atoms with van der Waals surface area (Å²) in [5.74, 6) is 0. The van der Waals surface area contributed by atoms with Gasteiger partial charge in [-0.3, -0.25) is 0 Å². The van der Waals surface area contributed by atoms with E-state index in [-0.39, 0.29) is 6.04 Å². The molecular weight excluding hydrogens is 322 g/mol. The maximum atomic E-state index is 5.20. The van der Waals surface area contributed by atoms with E-state index in [9.17, 15) is 0 Å². The number of hydrogen-bond donors (Lipinski definition) is 1. The van der Waals surface area contributed by atoms with Crippen molar-refractivity contribution in [3.8, 4) is 11.3 Å². The third kappa shape index (κ3) is 3.05. The molecule has 0 radical (unpaired) electrons. The van der Waals surface area contributed by atoms with Gasteiger partial charge in [0.15, 0.2) is 0 Å². The summed E-state index contributed by atoms with van der Waals surface area (Å²) >= 11 is 1.67. The standard InChI is InChI=1S/C17H19N5OS/c1-11(16-7-22(21-20-16)15-8-23-9-15)18-14-5-3-4-13(6-14)17-10-24-12(2)19-17/h3-7,10-11,15,18H,8-9H2,1-2H3. The molecule has 1 aliphatic rings. The molecule has 0 bridgehead atoms. The first kappa shape index (κ1) is 15.3. The van der Waals surface area contributed by atoms with Gasteiger partial charge < -0.3 is 10.1 Å². The first-order valence-electron chi connectivity index (χ1n) is 7.97. The molecule has 0 spiro atoms. The third-order valence-electron chi connectivity index (χ3n) is 4.13. The largest absolute Gasteiger partial charge is 0.377 e. The molecule has 6 nitrogen and oxygen atoms in total. The monoisotopic (exact) mass is 341 g/mol. The highest BCUT2D eigenvalue weighted by molar-refractivity contribution is 7.09. The Morgan fingerprint density at radius 1 is 1.38 bits per heavy atom. The molecule has 4 rings (SSSR count). The van der Waals surface area contributed by atoms with Crippen molar-refractivity contribution in [2.45, 2.75) is 25.9 Å². The smallest absolute Gasteiger partial charge is 0.105 e. The van der Waals surface area contributed by atoms with Gasteiger partial charge in [-0.2, -0.15) is 0 Å². The molecule has 124 valence electrons. The Morgan fingerprint density at radius 2 is 2.25 bits per heavy atom. The fourth-order valence-corrected chi connectivity index (χ4v) is 3.25. The first-order chi connectivity index (χ1) is 11.7. The number of anilines is 1. The van der Waals surface area contributed by atoms with Crippen molar-refractivity contribution in [2.24, 2.45) is 0 Å². The van der Waals surface area contributed by atoms with E-state index in [0.29, 0.717) is 6.04 Å². The number of benzene rings is 1. The highest BCUT2D eigenvalue weighted by Crippen LogP contribution is 2.26. The lowest BCUT2D eigenvalue weighted by molar-refractivity contribution is -0.0293. The molecular formula is C17H19N5OS. The zero-order valence-electron chi connectivity index (χ0n) is 13.6. The van der Waals surface area contributed by atoms with Gasteiger partial charge in [-0.15, -0.1) is 16.4 Å². The minimum Gasteiger partial charge on any atom is -0.377 e. The van der Waals surface area contributed by atoms with Gasteiger partial charge in [0.1, 0.15) is 11.7 Å². The number of rotatable bonds is 5. The molecule has 0 amide bonds. The van der Waals surface area contributed by atoms with Crippen LogP contribution in [0, 0.1) is 6.92 Å². The molecule has 24 heavy (non-hydrogen) atoms. The predicted octanol–water partition coefficient (Wildman–Crippen LogP) is 3.45. The van der Waals surface area contributed by atoms with E-state index in [4.69, 9.17) is 4.74 Å². The van der Waals surface area contributed by atoms with Crippen molar-refractivity contribution in [1.82, 2.24) is 20.0 Å². The summed E-state index contributed by atoms with van der Waals surface area (Å²) in [5, 5.41) is 15.1. The number of nitrogens with zero attached hydrogens (tertiary/aromatic N) is 4. The van der Waals surface area contributed by atoms with E-state index in [1.165, 1.54) is 0 Å². The van der Waals surface area contributed by atoms with E-state index < -0.39 is 0 Å². The summed E-state index contributed by atoms with van der Waals surface area (Å²) in [4.78, 5) is 4.55. The van der Waals surface area contributed by atoms with Crippen LogP contribution >= 0.6 is 11.3 Å². The van der Waals surface area contributed by atoms with Crippen molar-refractivity contribution < 1.29 is 4.74 Å². The molecule has 1 unspecified atom stereocenters. The van der Waals surface area contributed by atoms with Gasteiger partial charge in [0, 0.05) is 16.6 Å². The van der Waals surface area contributed by atoms with Crippen molar-refractivity contribution in [1.29, 1.82) is 0 Å². The molecule has 0 aliphatic carbocycles. The second kappa shape index (κ2) is 6.33. The van der Waals surface area contributed by atoms with Crippen molar-refractivity contribution in [3.05, 3.63) is 46.5 Å². The van der Waals surface area contributed by atoms with Gasteiger partial charge in [-0.1, -0.05) is 17.3 Å². The summed E-state index contributed by atoms with van der Waals surface area (Å²) in [6.45, 7) is 5.56. The third-order valence-corrected chi connectivity index (χ3v) is 4.90. The van der Waals surface area contributed by atoms with Gasteiger partial charge in [-0.25, -0.2) is 9.67 Å². The summed E-state index contributed by atoms with van der Waals surface area (Å²) in [5.41, 5.74) is 4.11. The molecule has 7 heteroatoms. The molecule has 1 saturated heterocycles. The first-order valence-corrected chi connectivity index (χ1v) is 8.85. The van der Waals surface area contributed by atoms with Gasteiger partial charge in [0.25, 0.3) is 0 Å². The van der Waals surface area contributed by atoms with Crippen LogP contribution in [0.1, 0.15) is 29.7 Å². The Morgan fingerprint density at radius 3 is 2.96 bits per heavy atom. The van der Waals surface area contributed by atoms with E-state index >= 15 is 0 Å². The Bertz CT molecular complexity index is 839. The molecule has 0 saturated carbocycles. The Hall–Kier alpha value is -2.25. The number of aromatic nitrogens is 4. The quantitative estimate of drug-likeness (QED) is 0.770. The van der Waals surface area contributed by atoms with E-state index in [0.717, 1.165) is 40.9 Å². The predicted molar refractivity (Wildman–Crippen MR) is 94.2 cm³/mol.